The van der Waals surface area contributed by atoms with Gasteiger partial charge >= 0.3 is 0 Å². The van der Waals surface area contributed by atoms with E-state index in [2.05, 4.69) is 11.9 Å². The van der Waals surface area contributed by atoms with Gasteiger partial charge in [0.05, 0.1) is 0 Å². The largest absolute Gasteiger partial charge is 0.272 e. The molecule has 2 nitrogen and oxygen atoms in total. The molecular weight excluding hydrogens is 210 g/mol. The standard InChI is InChI=1S/C15H24NO/c1-2-3-4-5-6-7-8-9-11-14-12-10-13-16-15(14)17/h10,12-13H,2-9,11H2,1H3. The molecule has 1 heterocycles. The van der Waals surface area contributed by atoms with Crippen molar-refractivity contribution in [3.8, 4) is 5.88 Å². The first-order valence-electron chi connectivity index (χ1n) is 6.95. The molecule has 1 aromatic heterocycles. The molecule has 17 heavy (non-hydrogen) atoms. The van der Waals surface area contributed by atoms with Crippen molar-refractivity contribution in [2.45, 2.75) is 64.7 Å². The summed E-state index contributed by atoms with van der Waals surface area (Å²) in [7, 11) is 0. The van der Waals surface area contributed by atoms with Crippen LogP contribution < -0.4 is 0 Å². The van der Waals surface area contributed by atoms with Crippen LogP contribution in [0.1, 0.15) is 63.9 Å². The number of hydrogen-bond donors (Lipinski definition) is 0. The molecule has 0 aliphatic heterocycles. The smallest absolute Gasteiger partial charge is 0.267 e. The zero-order valence-electron chi connectivity index (χ0n) is 11.0. The molecule has 0 unspecified atom stereocenters. The quantitative estimate of drug-likeness (QED) is 0.559. The average molecular weight is 234 g/mol. The zero-order chi connectivity index (χ0) is 12.3. The van der Waals surface area contributed by atoms with Gasteiger partial charge < -0.3 is 0 Å². The van der Waals surface area contributed by atoms with Crippen LogP contribution in [0, 0.1) is 0 Å². The van der Waals surface area contributed by atoms with Crippen LogP contribution in [0.2, 0.25) is 0 Å². The fraction of sp³-hybridized carbons (Fsp3) is 0.667. The number of pyridine rings is 1. The SMILES string of the molecule is CCCCCCCCCCc1cccnc1[O]. The Balaban J connectivity index is 1.99. The van der Waals surface area contributed by atoms with E-state index >= 15 is 0 Å². The molecule has 1 aromatic rings. The van der Waals surface area contributed by atoms with Crippen molar-refractivity contribution in [2.24, 2.45) is 0 Å². The highest BCUT2D eigenvalue weighted by Gasteiger charge is 2.02. The first-order valence-corrected chi connectivity index (χ1v) is 6.95. The fourth-order valence-corrected chi connectivity index (χ4v) is 2.06. The van der Waals surface area contributed by atoms with Gasteiger partial charge in [-0.25, -0.2) is 4.98 Å². The Labute approximate surface area is 105 Å². The maximum absolute atomic E-state index is 11.3. The first-order chi connectivity index (χ1) is 8.34. The Hall–Kier alpha value is -1.05. The summed E-state index contributed by atoms with van der Waals surface area (Å²) in [6.07, 6.45) is 12.9. The van der Waals surface area contributed by atoms with Gasteiger partial charge in [0.1, 0.15) is 0 Å². The van der Waals surface area contributed by atoms with Crippen LogP contribution in [0.3, 0.4) is 0 Å². The lowest BCUT2D eigenvalue weighted by Gasteiger charge is -2.02. The van der Waals surface area contributed by atoms with Crippen LogP contribution in [-0.4, -0.2) is 4.98 Å². The third kappa shape index (κ3) is 6.30. The molecule has 0 saturated carbocycles. The molecule has 1 rings (SSSR count). The topological polar surface area (TPSA) is 32.8 Å². The van der Waals surface area contributed by atoms with E-state index in [1.807, 2.05) is 12.1 Å². The van der Waals surface area contributed by atoms with Gasteiger partial charge in [0.15, 0.2) is 0 Å². The van der Waals surface area contributed by atoms with Gasteiger partial charge in [0.25, 0.3) is 5.88 Å². The minimum Gasteiger partial charge on any atom is -0.267 e. The lowest BCUT2D eigenvalue weighted by Crippen LogP contribution is -1.88. The maximum atomic E-state index is 11.3. The molecule has 0 saturated heterocycles. The number of aryl methyl sites for hydroxylation is 1. The van der Waals surface area contributed by atoms with Crippen LogP contribution in [0.5, 0.6) is 5.88 Å². The molecule has 2 heteroatoms. The normalized spacial score (nSPS) is 10.6. The van der Waals surface area contributed by atoms with Crippen molar-refractivity contribution in [3.05, 3.63) is 23.9 Å². The molecule has 0 atom stereocenters. The van der Waals surface area contributed by atoms with Crippen molar-refractivity contribution in [3.63, 3.8) is 0 Å². The number of nitrogens with zero attached hydrogens (tertiary/aromatic N) is 1. The summed E-state index contributed by atoms with van der Waals surface area (Å²) in [4.78, 5) is 3.77. The Morgan fingerprint density at radius 3 is 2.29 bits per heavy atom. The van der Waals surface area contributed by atoms with Gasteiger partial charge in [-0.3, -0.25) is 5.11 Å². The van der Waals surface area contributed by atoms with Crippen LogP contribution in [0.15, 0.2) is 18.3 Å². The summed E-state index contributed by atoms with van der Waals surface area (Å²) in [6, 6.07) is 3.75. The number of rotatable bonds is 9. The monoisotopic (exact) mass is 234 g/mol. The highest BCUT2D eigenvalue weighted by Crippen LogP contribution is 2.17. The zero-order valence-corrected chi connectivity index (χ0v) is 11.0. The van der Waals surface area contributed by atoms with Crippen molar-refractivity contribution in [1.82, 2.24) is 4.98 Å². The van der Waals surface area contributed by atoms with Crippen LogP contribution in [0.25, 0.3) is 0 Å². The summed E-state index contributed by atoms with van der Waals surface area (Å²) in [6.45, 7) is 2.24. The molecule has 0 fully saturated rings. The Morgan fingerprint density at radius 1 is 1.00 bits per heavy atom. The summed E-state index contributed by atoms with van der Waals surface area (Å²) in [5.74, 6) is -0.0459. The Kier molecular flexibility index (Phi) is 7.44. The molecule has 0 N–H and O–H groups in total. The van der Waals surface area contributed by atoms with Gasteiger partial charge in [-0.05, 0) is 18.9 Å². The Morgan fingerprint density at radius 2 is 1.65 bits per heavy atom. The van der Waals surface area contributed by atoms with E-state index in [1.165, 1.54) is 44.9 Å². The van der Waals surface area contributed by atoms with Gasteiger partial charge in [0.2, 0.25) is 0 Å². The summed E-state index contributed by atoms with van der Waals surface area (Å²) >= 11 is 0. The van der Waals surface area contributed by atoms with E-state index in [4.69, 9.17) is 0 Å². The van der Waals surface area contributed by atoms with Crippen LogP contribution >= 0.6 is 0 Å². The van der Waals surface area contributed by atoms with Crippen molar-refractivity contribution < 1.29 is 5.11 Å². The van der Waals surface area contributed by atoms with Crippen molar-refractivity contribution >= 4 is 0 Å². The number of aromatic nitrogens is 1. The van der Waals surface area contributed by atoms with E-state index < -0.39 is 0 Å². The summed E-state index contributed by atoms with van der Waals surface area (Å²) < 4.78 is 0. The average Bonchev–Trinajstić information content (AvgIpc) is 2.35. The highest BCUT2D eigenvalue weighted by atomic mass is 16.3. The van der Waals surface area contributed by atoms with Gasteiger partial charge in [-0.1, -0.05) is 57.9 Å². The van der Waals surface area contributed by atoms with E-state index in [-0.39, 0.29) is 5.88 Å². The van der Waals surface area contributed by atoms with E-state index in [9.17, 15) is 5.11 Å². The second-order valence-corrected chi connectivity index (χ2v) is 4.69. The predicted octanol–water partition coefficient (Wildman–Crippen LogP) is 4.91. The van der Waals surface area contributed by atoms with Gasteiger partial charge in [-0.2, -0.15) is 0 Å². The maximum Gasteiger partial charge on any atom is 0.272 e. The minimum atomic E-state index is -0.0459. The molecule has 95 valence electrons. The molecule has 0 aromatic carbocycles. The third-order valence-corrected chi connectivity index (χ3v) is 3.15. The molecule has 1 radical (unpaired) electrons. The van der Waals surface area contributed by atoms with Gasteiger partial charge in [-0.15, -0.1) is 0 Å². The molecule has 0 amide bonds. The summed E-state index contributed by atoms with van der Waals surface area (Å²) in [5.41, 5.74) is 0.874. The van der Waals surface area contributed by atoms with Crippen LogP contribution in [0.4, 0.5) is 0 Å². The Bertz CT molecular complexity index is 299. The fourth-order valence-electron chi connectivity index (χ4n) is 2.06. The molecular formula is C15H24NO. The summed E-state index contributed by atoms with van der Waals surface area (Å²) in [5, 5.41) is 11.3. The van der Waals surface area contributed by atoms with E-state index in [1.54, 1.807) is 6.20 Å². The molecule has 0 aliphatic rings. The predicted molar refractivity (Wildman–Crippen MR) is 70.7 cm³/mol. The third-order valence-electron chi connectivity index (χ3n) is 3.15. The minimum absolute atomic E-state index is 0.0459. The lowest BCUT2D eigenvalue weighted by atomic mass is 10.0. The van der Waals surface area contributed by atoms with E-state index in [0.29, 0.717) is 0 Å². The molecule has 0 aliphatic carbocycles. The molecule has 0 spiro atoms. The number of unbranched alkanes of at least 4 members (excludes halogenated alkanes) is 7. The van der Waals surface area contributed by atoms with Crippen molar-refractivity contribution in [1.29, 1.82) is 0 Å². The molecule has 0 bridgehead atoms. The lowest BCUT2D eigenvalue weighted by molar-refractivity contribution is 0.331. The number of hydrogen-bond acceptors (Lipinski definition) is 1. The first kappa shape index (κ1) is 14.0. The highest BCUT2D eigenvalue weighted by molar-refractivity contribution is 5.23. The van der Waals surface area contributed by atoms with Crippen molar-refractivity contribution in [2.75, 3.05) is 0 Å². The van der Waals surface area contributed by atoms with Gasteiger partial charge in [0, 0.05) is 11.8 Å². The van der Waals surface area contributed by atoms with E-state index in [0.717, 1.165) is 18.4 Å². The van der Waals surface area contributed by atoms with Crippen LogP contribution in [-0.2, 0) is 11.5 Å². The second kappa shape index (κ2) is 9.03. The second-order valence-electron chi connectivity index (χ2n) is 4.69.